The largest absolute Gasteiger partial charge is 0.368 e. The lowest BCUT2D eigenvalue weighted by Crippen LogP contribution is -2.45. The van der Waals surface area contributed by atoms with Gasteiger partial charge in [0.25, 0.3) is 0 Å². The number of primary amides is 1. The van der Waals surface area contributed by atoms with Gasteiger partial charge in [0.15, 0.2) is 0 Å². The smallest absolute Gasteiger partial charge is 0.247 e. The highest BCUT2D eigenvalue weighted by Crippen LogP contribution is 2.31. The molecule has 0 radical (unpaired) electrons. The summed E-state index contributed by atoms with van der Waals surface area (Å²) < 4.78 is 14.0. The van der Waals surface area contributed by atoms with Crippen LogP contribution in [0.1, 0.15) is 12.5 Å². The number of nitrogens with two attached hydrogens (primary N) is 1. The van der Waals surface area contributed by atoms with E-state index in [1.54, 1.807) is 25.1 Å². The number of benzene rings is 2. The van der Waals surface area contributed by atoms with E-state index in [1.165, 1.54) is 12.1 Å². The van der Waals surface area contributed by atoms with Gasteiger partial charge in [0.05, 0.1) is 0 Å². The molecule has 3 N–H and O–H groups in total. The van der Waals surface area contributed by atoms with E-state index in [2.05, 4.69) is 21.2 Å². The molecule has 2 aromatic rings. The Bertz CT molecular complexity index is 647. The lowest BCUT2D eigenvalue weighted by atomic mass is 9.91. The molecule has 2 aromatic carbocycles. The molecule has 0 aliphatic heterocycles. The highest BCUT2D eigenvalue weighted by molar-refractivity contribution is 9.10. The van der Waals surface area contributed by atoms with Crippen molar-refractivity contribution in [3.63, 3.8) is 0 Å². The number of amides is 1. The molecule has 0 saturated heterocycles. The molecule has 0 aliphatic carbocycles. The molecule has 1 unspecified atom stereocenters. The fourth-order valence-electron chi connectivity index (χ4n) is 1.98. The molecule has 20 heavy (non-hydrogen) atoms. The zero-order chi connectivity index (χ0) is 14.8. The van der Waals surface area contributed by atoms with Gasteiger partial charge in [-0.1, -0.05) is 40.2 Å². The van der Waals surface area contributed by atoms with Gasteiger partial charge < -0.3 is 11.1 Å². The summed E-state index contributed by atoms with van der Waals surface area (Å²) in [5.41, 5.74) is 5.58. The molecule has 0 aliphatic rings. The van der Waals surface area contributed by atoms with E-state index in [0.29, 0.717) is 11.3 Å². The number of hydrogen-bond acceptors (Lipinski definition) is 2. The molecule has 5 heteroatoms. The van der Waals surface area contributed by atoms with Crippen molar-refractivity contribution in [1.29, 1.82) is 0 Å². The molecule has 3 nitrogen and oxygen atoms in total. The van der Waals surface area contributed by atoms with Crippen LogP contribution >= 0.6 is 15.9 Å². The third-order valence-electron chi connectivity index (χ3n) is 3.12. The van der Waals surface area contributed by atoms with Crippen molar-refractivity contribution in [1.82, 2.24) is 0 Å². The molecule has 0 heterocycles. The maximum absolute atomic E-state index is 13.3. The summed E-state index contributed by atoms with van der Waals surface area (Å²) in [6, 6.07) is 13.2. The number of nitrogens with one attached hydrogen (secondary N) is 1. The van der Waals surface area contributed by atoms with Crippen molar-refractivity contribution in [2.24, 2.45) is 5.73 Å². The number of carbonyl (C=O) groups excluding carboxylic acids is 1. The van der Waals surface area contributed by atoms with E-state index in [4.69, 9.17) is 5.73 Å². The van der Waals surface area contributed by atoms with Crippen LogP contribution in [0.25, 0.3) is 0 Å². The topological polar surface area (TPSA) is 55.1 Å². The predicted molar refractivity (Wildman–Crippen MR) is 80.7 cm³/mol. The third kappa shape index (κ3) is 2.82. The fourth-order valence-corrected chi connectivity index (χ4v) is 2.66. The Hall–Kier alpha value is -1.88. The van der Waals surface area contributed by atoms with Crippen LogP contribution in [0, 0.1) is 5.82 Å². The minimum absolute atomic E-state index is 0.381. The first-order valence-corrected chi connectivity index (χ1v) is 6.81. The number of hydrogen-bond donors (Lipinski definition) is 2. The van der Waals surface area contributed by atoms with Gasteiger partial charge in [-0.3, -0.25) is 4.79 Å². The molecular weight excluding hydrogens is 323 g/mol. The average molecular weight is 337 g/mol. The molecular formula is C15H14BrFN2O. The molecule has 104 valence electrons. The van der Waals surface area contributed by atoms with Crippen molar-refractivity contribution in [3.8, 4) is 0 Å². The van der Waals surface area contributed by atoms with Gasteiger partial charge in [-0.05, 0) is 31.2 Å². The standard InChI is InChI=1S/C15H14BrFN2O/c1-15(14(18)20,12-7-2-3-8-13(12)16)19-11-6-4-5-10(17)9-11/h2-9,19H,1H3,(H2,18,20). The molecule has 0 fully saturated rings. The van der Waals surface area contributed by atoms with Crippen LogP contribution in [-0.2, 0) is 10.3 Å². The normalized spacial score (nSPS) is 13.6. The second kappa shape index (κ2) is 5.63. The lowest BCUT2D eigenvalue weighted by Gasteiger charge is -2.30. The zero-order valence-electron chi connectivity index (χ0n) is 10.9. The highest BCUT2D eigenvalue weighted by Gasteiger charge is 2.34. The summed E-state index contributed by atoms with van der Waals surface area (Å²) in [6.45, 7) is 1.67. The molecule has 0 bridgehead atoms. The molecule has 0 aromatic heterocycles. The SMILES string of the molecule is CC(Nc1cccc(F)c1)(C(N)=O)c1ccccc1Br. The Morgan fingerprint density at radius 3 is 2.55 bits per heavy atom. The van der Waals surface area contributed by atoms with Crippen LogP contribution in [0.3, 0.4) is 0 Å². The van der Waals surface area contributed by atoms with Gasteiger partial charge >= 0.3 is 0 Å². The van der Waals surface area contributed by atoms with Crippen LogP contribution in [0.2, 0.25) is 0 Å². The minimum Gasteiger partial charge on any atom is -0.368 e. The molecule has 1 amide bonds. The van der Waals surface area contributed by atoms with Crippen LogP contribution in [0.15, 0.2) is 53.0 Å². The number of rotatable bonds is 4. The van der Waals surface area contributed by atoms with Gasteiger partial charge in [-0.2, -0.15) is 0 Å². The Balaban J connectivity index is 2.46. The Morgan fingerprint density at radius 1 is 1.25 bits per heavy atom. The maximum atomic E-state index is 13.3. The summed E-state index contributed by atoms with van der Waals surface area (Å²) >= 11 is 3.41. The number of carbonyl (C=O) groups is 1. The Kier molecular flexibility index (Phi) is 4.09. The van der Waals surface area contributed by atoms with Crippen LogP contribution in [0.5, 0.6) is 0 Å². The average Bonchev–Trinajstić information content (AvgIpc) is 2.38. The van der Waals surface area contributed by atoms with Crippen LogP contribution < -0.4 is 11.1 Å². The highest BCUT2D eigenvalue weighted by atomic mass is 79.9. The van der Waals surface area contributed by atoms with Crippen molar-refractivity contribution in [2.45, 2.75) is 12.5 Å². The lowest BCUT2D eigenvalue weighted by molar-refractivity contribution is -0.122. The van der Waals surface area contributed by atoms with Gasteiger partial charge in [0.2, 0.25) is 5.91 Å². The zero-order valence-corrected chi connectivity index (χ0v) is 12.4. The first-order valence-electron chi connectivity index (χ1n) is 6.02. The summed E-state index contributed by atoms with van der Waals surface area (Å²) in [4.78, 5) is 11.9. The third-order valence-corrected chi connectivity index (χ3v) is 3.82. The van der Waals surface area contributed by atoms with E-state index in [9.17, 15) is 9.18 Å². The second-order valence-electron chi connectivity index (χ2n) is 4.60. The molecule has 0 spiro atoms. The van der Waals surface area contributed by atoms with Gasteiger partial charge in [0, 0.05) is 15.7 Å². The fraction of sp³-hybridized carbons (Fsp3) is 0.133. The second-order valence-corrected chi connectivity index (χ2v) is 5.46. The minimum atomic E-state index is -1.14. The van der Waals surface area contributed by atoms with Crippen molar-refractivity contribution in [2.75, 3.05) is 5.32 Å². The number of halogens is 2. The van der Waals surface area contributed by atoms with Gasteiger partial charge in [0.1, 0.15) is 11.4 Å². The Morgan fingerprint density at radius 2 is 1.95 bits per heavy atom. The quantitative estimate of drug-likeness (QED) is 0.898. The van der Waals surface area contributed by atoms with Crippen LogP contribution in [0.4, 0.5) is 10.1 Å². The molecule has 1 atom stereocenters. The van der Waals surface area contributed by atoms with Gasteiger partial charge in [-0.25, -0.2) is 4.39 Å². The van der Waals surface area contributed by atoms with E-state index >= 15 is 0 Å². The summed E-state index contributed by atoms with van der Waals surface area (Å²) in [6.07, 6.45) is 0. The monoisotopic (exact) mass is 336 g/mol. The number of anilines is 1. The molecule has 0 saturated carbocycles. The summed E-state index contributed by atoms with van der Waals surface area (Å²) in [5, 5.41) is 3.01. The maximum Gasteiger partial charge on any atom is 0.247 e. The van der Waals surface area contributed by atoms with E-state index in [-0.39, 0.29) is 5.82 Å². The van der Waals surface area contributed by atoms with Gasteiger partial charge in [-0.15, -0.1) is 0 Å². The van der Waals surface area contributed by atoms with Crippen molar-refractivity contribution < 1.29 is 9.18 Å². The summed E-state index contributed by atoms with van der Waals surface area (Å²) in [7, 11) is 0. The van der Waals surface area contributed by atoms with E-state index < -0.39 is 11.4 Å². The first kappa shape index (κ1) is 14.5. The van der Waals surface area contributed by atoms with E-state index in [1.807, 2.05) is 18.2 Å². The van der Waals surface area contributed by atoms with E-state index in [0.717, 1.165) is 4.47 Å². The molecule has 2 rings (SSSR count). The predicted octanol–water partition coefficient (Wildman–Crippen LogP) is 3.40. The van der Waals surface area contributed by atoms with Crippen LogP contribution in [-0.4, -0.2) is 5.91 Å². The van der Waals surface area contributed by atoms with Crippen molar-refractivity contribution in [3.05, 3.63) is 64.4 Å². The van der Waals surface area contributed by atoms with Crippen molar-refractivity contribution >= 4 is 27.5 Å². The Labute approximate surface area is 125 Å². The first-order chi connectivity index (χ1) is 9.43. The summed E-state index contributed by atoms with van der Waals surface area (Å²) in [5.74, 6) is -0.928.